The molecule has 1 rings (SSSR count). The lowest BCUT2D eigenvalue weighted by Crippen LogP contribution is -2.39. The van der Waals surface area contributed by atoms with E-state index in [0.29, 0.717) is 0 Å². The van der Waals surface area contributed by atoms with Crippen LogP contribution >= 0.6 is 0 Å². The lowest BCUT2D eigenvalue weighted by molar-refractivity contribution is -0.166. The summed E-state index contributed by atoms with van der Waals surface area (Å²) in [6.45, 7) is 8.81. The van der Waals surface area contributed by atoms with Crippen LogP contribution in [0.4, 0.5) is 0 Å². The van der Waals surface area contributed by atoms with E-state index in [-0.39, 0.29) is 19.4 Å². The van der Waals surface area contributed by atoms with Crippen LogP contribution in [0.3, 0.4) is 0 Å². The van der Waals surface area contributed by atoms with Gasteiger partial charge in [0.25, 0.3) is 0 Å². The topological polar surface area (TPSA) is 72.8 Å². The minimum Gasteiger partial charge on any atom is -0.465 e. The second kappa shape index (κ2) is 5.95. The van der Waals surface area contributed by atoms with E-state index in [4.69, 9.17) is 9.47 Å². The predicted molar refractivity (Wildman–Crippen MR) is 73.9 cm³/mol. The molecule has 0 bridgehead atoms. The van der Waals surface area contributed by atoms with Gasteiger partial charge in [0.2, 0.25) is 0 Å². The van der Waals surface area contributed by atoms with Gasteiger partial charge in [0.05, 0.1) is 12.2 Å². The summed E-state index contributed by atoms with van der Waals surface area (Å²) in [7, 11) is 0. The number of rotatable bonds is 5. The van der Waals surface area contributed by atoms with Gasteiger partial charge in [-0.1, -0.05) is 11.6 Å². The molecule has 0 radical (unpaired) electrons. The Labute approximate surface area is 119 Å². The molecule has 1 fully saturated rings. The molecule has 1 aliphatic rings. The Kier molecular flexibility index (Phi) is 4.97. The van der Waals surface area contributed by atoms with Gasteiger partial charge in [-0.25, -0.2) is 0 Å². The molecule has 0 unspecified atom stereocenters. The van der Waals surface area contributed by atoms with Crippen molar-refractivity contribution in [2.45, 2.75) is 59.2 Å². The average molecular weight is 284 g/mol. The Balaban J connectivity index is 3.09. The number of hydrogen-bond donors (Lipinski definition) is 1. The highest BCUT2D eigenvalue weighted by molar-refractivity contribution is 6.01. The molecule has 0 aromatic heterocycles. The summed E-state index contributed by atoms with van der Waals surface area (Å²) in [6.07, 6.45) is 1.49. The molecule has 1 N–H and O–H groups in total. The van der Waals surface area contributed by atoms with Gasteiger partial charge in [-0.15, -0.1) is 0 Å². The Morgan fingerprint density at radius 3 is 2.55 bits per heavy atom. The van der Waals surface area contributed by atoms with Crippen LogP contribution in [-0.2, 0) is 19.1 Å². The number of allylic oxidation sites excluding steroid dienone is 2. The minimum absolute atomic E-state index is 0.137. The molecule has 1 heterocycles. The number of cyclic esters (lactones) is 1. The standard InChI is InChI=1S/C15H24O5/c1-6-19-12(16)15(8-7-10(2)3)9-11(14(4,5)18)20-13(15)17/h7,11,18H,6,8-9H2,1-5H3/t11-,15+/m1/s1. The summed E-state index contributed by atoms with van der Waals surface area (Å²) in [5.74, 6) is -1.19. The van der Waals surface area contributed by atoms with E-state index in [9.17, 15) is 14.7 Å². The van der Waals surface area contributed by atoms with E-state index in [2.05, 4.69) is 0 Å². The molecular formula is C15H24O5. The van der Waals surface area contributed by atoms with Gasteiger partial charge in [0, 0.05) is 6.42 Å². The summed E-state index contributed by atoms with van der Waals surface area (Å²) in [5, 5.41) is 10.0. The quantitative estimate of drug-likeness (QED) is 0.475. The molecule has 114 valence electrons. The molecule has 1 saturated heterocycles. The fraction of sp³-hybridized carbons (Fsp3) is 0.733. The third kappa shape index (κ3) is 3.39. The second-order valence-corrected chi connectivity index (χ2v) is 6.04. The van der Waals surface area contributed by atoms with Crippen molar-refractivity contribution in [1.29, 1.82) is 0 Å². The van der Waals surface area contributed by atoms with E-state index in [0.717, 1.165) is 5.57 Å². The molecule has 0 amide bonds. The summed E-state index contributed by atoms with van der Waals surface area (Å²) in [4.78, 5) is 24.4. The Morgan fingerprint density at radius 2 is 2.15 bits per heavy atom. The van der Waals surface area contributed by atoms with Crippen molar-refractivity contribution in [3.63, 3.8) is 0 Å². The Morgan fingerprint density at radius 1 is 1.55 bits per heavy atom. The normalized spacial score (nSPS) is 26.1. The van der Waals surface area contributed by atoms with Crippen LogP contribution in [0, 0.1) is 5.41 Å². The molecule has 5 nitrogen and oxygen atoms in total. The van der Waals surface area contributed by atoms with E-state index >= 15 is 0 Å². The van der Waals surface area contributed by atoms with Crippen molar-refractivity contribution in [3.05, 3.63) is 11.6 Å². The van der Waals surface area contributed by atoms with E-state index in [1.807, 2.05) is 19.9 Å². The van der Waals surface area contributed by atoms with Crippen LogP contribution in [0.2, 0.25) is 0 Å². The molecule has 0 aliphatic carbocycles. The molecule has 20 heavy (non-hydrogen) atoms. The first-order chi connectivity index (χ1) is 9.13. The van der Waals surface area contributed by atoms with Crippen LogP contribution in [-0.4, -0.2) is 35.4 Å². The van der Waals surface area contributed by atoms with E-state index in [1.165, 1.54) is 0 Å². The number of ether oxygens (including phenoxy) is 2. The van der Waals surface area contributed by atoms with Crippen LogP contribution in [0.5, 0.6) is 0 Å². The molecule has 0 aromatic rings. The largest absolute Gasteiger partial charge is 0.465 e. The zero-order valence-electron chi connectivity index (χ0n) is 12.9. The average Bonchev–Trinajstić information content (AvgIpc) is 2.65. The summed E-state index contributed by atoms with van der Waals surface area (Å²) in [5.41, 5.74) is -1.51. The van der Waals surface area contributed by atoms with Gasteiger partial charge in [-0.05, 0) is 41.0 Å². The summed E-state index contributed by atoms with van der Waals surface area (Å²) >= 11 is 0. The SMILES string of the molecule is CCOC(=O)[C@]1(CC=C(C)C)C[C@H](C(C)(C)O)OC1=O. The molecule has 0 aromatic carbocycles. The van der Waals surface area contributed by atoms with Gasteiger partial charge in [-0.2, -0.15) is 0 Å². The molecule has 2 atom stereocenters. The van der Waals surface area contributed by atoms with Crippen molar-refractivity contribution in [1.82, 2.24) is 0 Å². The number of esters is 2. The second-order valence-electron chi connectivity index (χ2n) is 6.04. The lowest BCUT2D eigenvalue weighted by Gasteiger charge is -2.25. The maximum absolute atomic E-state index is 12.2. The monoisotopic (exact) mass is 284 g/mol. The van der Waals surface area contributed by atoms with Crippen LogP contribution < -0.4 is 0 Å². The number of aliphatic hydroxyl groups is 1. The molecule has 0 saturated carbocycles. The van der Waals surface area contributed by atoms with Gasteiger partial charge >= 0.3 is 11.9 Å². The first kappa shape index (κ1) is 16.7. The zero-order valence-corrected chi connectivity index (χ0v) is 12.9. The highest BCUT2D eigenvalue weighted by Crippen LogP contribution is 2.42. The van der Waals surface area contributed by atoms with Crippen LogP contribution in [0.1, 0.15) is 47.5 Å². The third-order valence-corrected chi connectivity index (χ3v) is 3.49. The highest BCUT2D eigenvalue weighted by Gasteiger charge is 2.58. The lowest BCUT2D eigenvalue weighted by atomic mass is 9.78. The smallest absolute Gasteiger partial charge is 0.324 e. The predicted octanol–water partition coefficient (Wildman–Crippen LogP) is 1.98. The van der Waals surface area contributed by atoms with Gasteiger partial charge < -0.3 is 14.6 Å². The van der Waals surface area contributed by atoms with E-state index < -0.39 is 29.1 Å². The molecule has 1 aliphatic heterocycles. The highest BCUT2D eigenvalue weighted by atomic mass is 16.6. The van der Waals surface area contributed by atoms with Crippen molar-refractivity contribution in [3.8, 4) is 0 Å². The summed E-state index contributed by atoms with van der Waals surface area (Å²) in [6, 6.07) is 0. The number of hydrogen-bond acceptors (Lipinski definition) is 5. The number of carbonyl (C=O) groups is 2. The van der Waals surface area contributed by atoms with Crippen molar-refractivity contribution in [2.75, 3.05) is 6.61 Å². The van der Waals surface area contributed by atoms with Gasteiger partial charge in [-0.3, -0.25) is 9.59 Å². The molecule has 0 spiro atoms. The van der Waals surface area contributed by atoms with Crippen LogP contribution in [0.15, 0.2) is 11.6 Å². The first-order valence-corrected chi connectivity index (χ1v) is 6.87. The van der Waals surface area contributed by atoms with Crippen molar-refractivity contribution >= 4 is 11.9 Å². The Bertz CT molecular complexity index is 414. The molecule has 5 heteroatoms. The van der Waals surface area contributed by atoms with E-state index in [1.54, 1.807) is 20.8 Å². The summed E-state index contributed by atoms with van der Waals surface area (Å²) < 4.78 is 10.3. The Hall–Kier alpha value is -1.36. The third-order valence-electron chi connectivity index (χ3n) is 3.49. The minimum atomic E-state index is -1.34. The molecular weight excluding hydrogens is 260 g/mol. The van der Waals surface area contributed by atoms with Crippen molar-refractivity contribution < 1.29 is 24.2 Å². The van der Waals surface area contributed by atoms with Crippen LogP contribution in [0.25, 0.3) is 0 Å². The maximum Gasteiger partial charge on any atom is 0.324 e. The first-order valence-electron chi connectivity index (χ1n) is 6.87. The van der Waals surface area contributed by atoms with Gasteiger partial charge in [0.1, 0.15) is 6.10 Å². The fourth-order valence-corrected chi connectivity index (χ4v) is 2.14. The maximum atomic E-state index is 12.2. The fourth-order valence-electron chi connectivity index (χ4n) is 2.14. The van der Waals surface area contributed by atoms with Crippen molar-refractivity contribution in [2.24, 2.45) is 5.41 Å². The number of carbonyl (C=O) groups excluding carboxylic acids is 2. The van der Waals surface area contributed by atoms with Gasteiger partial charge in [0.15, 0.2) is 5.41 Å². The zero-order chi connectivity index (χ0) is 15.6.